The molecule has 0 spiro atoms. The van der Waals surface area contributed by atoms with Crippen LogP contribution in [-0.4, -0.2) is 57.0 Å². The highest BCUT2D eigenvalue weighted by Gasteiger charge is 2.35. The van der Waals surface area contributed by atoms with Gasteiger partial charge in [-0.2, -0.15) is 0 Å². The zero-order valence-corrected chi connectivity index (χ0v) is 15.9. The van der Waals surface area contributed by atoms with Crippen molar-refractivity contribution in [2.75, 3.05) is 47.0 Å². The van der Waals surface area contributed by atoms with E-state index in [-0.39, 0.29) is 0 Å². The Labute approximate surface area is 155 Å². The summed E-state index contributed by atoms with van der Waals surface area (Å²) >= 11 is 6.51. The molecule has 0 aromatic heterocycles. The first-order valence-electron chi connectivity index (χ1n) is 9.11. The molecular formula is C19H29ClN2O3. The average molecular weight is 369 g/mol. The van der Waals surface area contributed by atoms with Crippen LogP contribution in [0.15, 0.2) is 12.1 Å². The minimum atomic E-state index is 0.305. The van der Waals surface area contributed by atoms with Crippen LogP contribution in [0.5, 0.6) is 11.5 Å². The summed E-state index contributed by atoms with van der Waals surface area (Å²) in [5.41, 5.74) is 1.08. The molecule has 0 radical (unpaired) electrons. The van der Waals surface area contributed by atoms with Gasteiger partial charge in [0, 0.05) is 19.7 Å². The predicted octanol–water partition coefficient (Wildman–Crippen LogP) is 2.40. The van der Waals surface area contributed by atoms with Gasteiger partial charge in [-0.25, -0.2) is 0 Å². The Morgan fingerprint density at radius 1 is 1.20 bits per heavy atom. The third kappa shape index (κ3) is 4.05. The molecule has 2 aliphatic rings. The van der Waals surface area contributed by atoms with Crippen LogP contribution in [0.3, 0.4) is 0 Å². The molecule has 2 atom stereocenters. The van der Waals surface area contributed by atoms with Gasteiger partial charge >= 0.3 is 0 Å². The second-order valence-corrected chi connectivity index (χ2v) is 7.53. The number of hydrogen-bond acceptors (Lipinski definition) is 5. The molecule has 6 heteroatoms. The van der Waals surface area contributed by atoms with Gasteiger partial charge in [0.05, 0.1) is 19.2 Å². The molecule has 0 amide bonds. The van der Waals surface area contributed by atoms with Crippen LogP contribution >= 0.6 is 11.6 Å². The number of rotatable bonds is 6. The maximum atomic E-state index is 9.55. The number of aliphatic hydroxyl groups excluding tert-OH is 1. The lowest BCUT2D eigenvalue weighted by molar-refractivity contribution is 0.108. The third-order valence-electron chi connectivity index (χ3n) is 5.82. The predicted molar refractivity (Wildman–Crippen MR) is 99.5 cm³/mol. The summed E-state index contributed by atoms with van der Waals surface area (Å²) in [6.45, 7) is 5.30. The number of nitrogens with zero attached hydrogens (tertiary/aromatic N) is 1. The van der Waals surface area contributed by atoms with E-state index in [1.807, 2.05) is 12.1 Å². The molecule has 1 aromatic carbocycles. The van der Waals surface area contributed by atoms with Gasteiger partial charge in [0.15, 0.2) is 11.5 Å². The zero-order chi connectivity index (χ0) is 17.8. The van der Waals surface area contributed by atoms with Crippen LogP contribution in [0.1, 0.15) is 18.4 Å². The maximum absolute atomic E-state index is 9.55. The summed E-state index contributed by atoms with van der Waals surface area (Å²) in [5.74, 6) is 3.04. The van der Waals surface area contributed by atoms with Crippen LogP contribution in [0.2, 0.25) is 5.02 Å². The topological polar surface area (TPSA) is 54.0 Å². The summed E-state index contributed by atoms with van der Waals surface area (Å²) in [5, 5.41) is 13.6. The molecule has 0 bridgehead atoms. The first kappa shape index (κ1) is 18.8. The number of hydrogen-bond donors (Lipinski definition) is 2. The van der Waals surface area contributed by atoms with E-state index < -0.39 is 0 Å². The molecule has 0 aliphatic carbocycles. The van der Waals surface area contributed by atoms with Crippen molar-refractivity contribution in [1.29, 1.82) is 0 Å². The molecule has 3 rings (SSSR count). The summed E-state index contributed by atoms with van der Waals surface area (Å²) < 4.78 is 10.7. The van der Waals surface area contributed by atoms with Crippen LogP contribution in [0.25, 0.3) is 0 Å². The second kappa shape index (κ2) is 8.58. The number of methoxy groups -OCH3 is 2. The monoisotopic (exact) mass is 368 g/mol. The van der Waals surface area contributed by atoms with Crippen molar-refractivity contribution in [2.45, 2.75) is 19.4 Å². The van der Waals surface area contributed by atoms with E-state index >= 15 is 0 Å². The largest absolute Gasteiger partial charge is 0.493 e. The molecule has 2 fully saturated rings. The van der Waals surface area contributed by atoms with Crippen LogP contribution in [-0.2, 0) is 6.54 Å². The van der Waals surface area contributed by atoms with Gasteiger partial charge < -0.3 is 19.9 Å². The fraction of sp³-hybridized carbons (Fsp3) is 0.684. The normalized spacial score (nSPS) is 25.3. The van der Waals surface area contributed by atoms with Crippen molar-refractivity contribution in [3.05, 3.63) is 22.7 Å². The van der Waals surface area contributed by atoms with E-state index in [0.717, 1.165) is 38.3 Å². The highest BCUT2D eigenvalue weighted by atomic mass is 35.5. The van der Waals surface area contributed by atoms with Crippen molar-refractivity contribution >= 4 is 11.6 Å². The first-order chi connectivity index (χ1) is 12.2. The minimum absolute atomic E-state index is 0.305. The smallest absolute Gasteiger partial charge is 0.179 e. The highest BCUT2D eigenvalue weighted by Crippen LogP contribution is 2.38. The summed E-state index contributed by atoms with van der Waals surface area (Å²) in [4.78, 5) is 2.46. The molecule has 0 unspecified atom stereocenters. The minimum Gasteiger partial charge on any atom is -0.493 e. The van der Waals surface area contributed by atoms with Gasteiger partial charge in [-0.05, 0) is 61.9 Å². The fourth-order valence-corrected chi connectivity index (χ4v) is 4.63. The summed E-state index contributed by atoms with van der Waals surface area (Å²) in [7, 11) is 3.24. The first-order valence-corrected chi connectivity index (χ1v) is 9.49. The Morgan fingerprint density at radius 2 is 1.96 bits per heavy atom. The van der Waals surface area contributed by atoms with Crippen molar-refractivity contribution in [3.8, 4) is 11.5 Å². The molecule has 2 N–H and O–H groups in total. The van der Waals surface area contributed by atoms with Gasteiger partial charge in [-0.3, -0.25) is 4.90 Å². The maximum Gasteiger partial charge on any atom is 0.179 e. The van der Waals surface area contributed by atoms with E-state index in [4.69, 9.17) is 21.1 Å². The number of benzene rings is 1. The van der Waals surface area contributed by atoms with Crippen molar-refractivity contribution in [2.24, 2.45) is 17.8 Å². The van der Waals surface area contributed by atoms with Crippen molar-refractivity contribution < 1.29 is 14.6 Å². The molecule has 2 saturated heterocycles. The molecule has 25 heavy (non-hydrogen) atoms. The van der Waals surface area contributed by atoms with E-state index in [1.165, 1.54) is 12.8 Å². The third-order valence-corrected chi connectivity index (χ3v) is 6.24. The van der Waals surface area contributed by atoms with Gasteiger partial charge in [0.1, 0.15) is 0 Å². The summed E-state index contributed by atoms with van der Waals surface area (Å²) in [6, 6.07) is 3.95. The lowest BCUT2D eigenvalue weighted by Gasteiger charge is -2.36. The number of aliphatic hydroxyl groups is 1. The van der Waals surface area contributed by atoms with Gasteiger partial charge in [-0.1, -0.05) is 17.7 Å². The number of ether oxygens (including phenoxy) is 2. The molecule has 2 heterocycles. The van der Waals surface area contributed by atoms with E-state index in [9.17, 15) is 5.11 Å². The molecule has 140 valence electrons. The van der Waals surface area contributed by atoms with Crippen molar-refractivity contribution in [1.82, 2.24) is 10.2 Å². The van der Waals surface area contributed by atoms with Crippen LogP contribution in [0, 0.1) is 17.8 Å². The summed E-state index contributed by atoms with van der Waals surface area (Å²) in [6.07, 6.45) is 2.38. The van der Waals surface area contributed by atoms with Gasteiger partial charge in [0.25, 0.3) is 0 Å². The molecule has 0 saturated carbocycles. The Kier molecular flexibility index (Phi) is 6.44. The van der Waals surface area contributed by atoms with Crippen LogP contribution < -0.4 is 14.8 Å². The fourth-order valence-electron chi connectivity index (χ4n) is 4.34. The van der Waals surface area contributed by atoms with Crippen molar-refractivity contribution in [3.63, 3.8) is 0 Å². The molecule has 5 nitrogen and oxygen atoms in total. The molecule has 1 aromatic rings. The Balaban J connectivity index is 1.59. The van der Waals surface area contributed by atoms with Crippen LogP contribution in [0.4, 0.5) is 0 Å². The average Bonchev–Trinajstić information content (AvgIpc) is 3.12. The lowest BCUT2D eigenvalue weighted by Crippen LogP contribution is -2.38. The number of nitrogens with one attached hydrogen (secondary N) is 1. The number of halogens is 1. The van der Waals surface area contributed by atoms with E-state index in [1.54, 1.807) is 14.2 Å². The van der Waals surface area contributed by atoms with Gasteiger partial charge in [0.2, 0.25) is 0 Å². The van der Waals surface area contributed by atoms with E-state index in [2.05, 4.69) is 10.2 Å². The molecular weight excluding hydrogens is 340 g/mol. The second-order valence-electron chi connectivity index (χ2n) is 7.15. The van der Waals surface area contributed by atoms with E-state index in [0.29, 0.717) is 40.9 Å². The Bertz CT molecular complexity index is 576. The SMILES string of the molecule is COc1ccc(CN2CCC([C@@H]3CNC[C@H]3CO)CC2)c(Cl)c1OC. The standard InChI is InChI=1S/C19H29ClN2O3/c1-24-17-4-3-14(18(20)19(17)25-2)11-22-7-5-13(6-8-22)16-10-21-9-15(16)12-23/h3-4,13,15-16,21,23H,5-12H2,1-2H3/t15-,16-/m0/s1. The quantitative estimate of drug-likeness (QED) is 0.807. The number of likely N-dealkylation sites (tertiary alicyclic amines) is 1. The zero-order valence-electron chi connectivity index (χ0n) is 15.1. The van der Waals surface area contributed by atoms with Gasteiger partial charge in [-0.15, -0.1) is 0 Å². The highest BCUT2D eigenvalue weighted by molar-refractivity contribution is 6.33. The number of piperidine rings is 1. The Hall–Kier alpha value is -1.01. The molecule has 2 aliphatic heterocycles. The Morgan fingerprint density at radius 3 is 2.60 bits per heavy atom. The lowest BCUT2D eigenvalue weighted by atomic mass is 9.79.